The Morgan fingerprint density at radius 3 is 2.88 bits per heavy atom. The Morgan fingerprint density at radius 2 is 2.16 bits per heavy atom. The van der Waals surface area contributed by atoms with Gasteiger partial charge in [0.2, 0.25) is 0 Å². The van der Waals surface area contributed by atoms with Gasteiger partial charge in [0.25, 0.3) is 5.91 Å². The van der Waals surface area contributed by atoms with Crippen LogP contribution in [0.3, 0.4) is 0 Å². The zero-order valence-electron chi connectivity index (χ0n) is 13.6. The van der Waals surface area contributed by atoms with Crippen LogP contribution in [-0.2, 0) is 6.42 Å². The highest BCUT2D eigenvalue weighted by molar-refractivity contribution is 6.30. The number of aryl methyl sites for hydroxylation is 1. The maximum atomic E-state index is 12.0. The molecule has 0 fully saturated rings. The van der Waals surface area contributed by atoms with Gasteiger partial charge in [-0.25, -0.2) is 5.43 Å². The number of pyridine rings is 1. The highest BCUT2D eigenvalue weighted by Crippen LogP contribution is 2.24. The molecule has 0 aliphatic carbocycles. The Hall–Kier alpha value is -2.92. The monoisotopic (exact) mass is 353 g/mol. The summed E-state index contributed by atoms with van der Waals surface area (Å²) >= 11 is 5.98. The topological polar surface area (TPSA) is 67.5 Å². The molecule has 0 bridgehead atoms. The molecule has 0 unspecified atom stereocenters. The van der Waals surface area contributed by atoms with Crippen molar-refractivity contribution < 1.29 is 9.21 Å². The van der Waals surface area contributed by atoms with E-state index >= 15 is 0 Å². The van der Waals surface area contributed by atoms with Gasteiger partial charge in [-0.3, -0.25) is 9.78 Å². The van der Waals surface area contributed by atoms with Crippen LogP contribution in [0.1, 0.15) is 28.7 Å². The number of carbonyl (C=O) groups is 1. The van der Waals surface area contributed by atoms with Crippen LogP contribution in [0.15, 0.2) is 64.2 Å². The Bertz CT molecular complexity index is 901. The van der Waals surface area contributed by atoms with Gasteiger partial charge < -0.3 is 4.42 Å². The summed E-state index contributed by atoms with van der Waals surface area (Å²) < 4.78 is 5.67. The van der Waals surface area contributed by atoms with E-state index in [4.69, 9.17) is 16.0 Å². The van der Waals surface area contributed by atoms with Crippen molar-refractivity contribution in [3.05, 3.63) is 76.8 Å². The first-order chi connectivity index (χ1) is 12.2. The summed E-state index contributed by atoms with van der Waals surface area (Å²) in [6.07, 6.45) is 4.00. The molecule has 3 rings (SSSR count). The Labute approximate surface area is 150 Å². The summed E-state index contributed by atoms with van der Waals surface area (Å²) in [6.45, 7) is 2.03. The lowest BCUT2D eigenvalue weighted by atomic mass is 10.2. The minimum Gasteiger partial charge on any atom is -0.455 e. The molecule has 126 valence electrons. The molecule has 0 saturated heterocycles. The number of amides is 1. The summed E-state index contributed by atoms with van der Waals surface area (Å²) in [7, 11) is 0. The molecule has 2 heterocycles. The second-order valence-electron chi connectivity index (χ2n) is 5.32. The lowest BCUT2D eigenvalue weighted by Gasteiger charge is -2.00. The number of carbonyl (C=O) groups excluding carboxylic acids is 1. The SMILES string of the molecule is CCc1ccc(C(=O)N/N=C/c2ccc(-c3cccc(Cl)c3)o2)nc1. The van der Waals surface area contributed by atoms with E-state index < -0.39 is 0 Å². The van der Waals surface area contributed by atoms with Crippen molar-refractivity contribution in [2.75, 3.05) is 0 Å². The van der Waals surface area contributed by atoms with Gasteiger partial charge in [0.15, 0.2) is 0 Å². The van der Waals surface area contributed by atoms with Crippen LogP contribution in [0.4, 0.5) is 0 Å². The van der Waals surface area contributed by atoms with Gasteiger partial charge in [-0.2, -0.15) is 5.10 Å². The fraction of sp³-hybridized carbons (Fsp3) is 0.105. The van der Waals surface area contributed by atoms with Crippen molar-refractivity contribution in [1.29, 1.82) is 0 Å². The molecule has 2 aromatic heterocycles. The van der Waals surface area contributed by atoms with E-state index in [9.17, 15) is 4.79 Å². The number of halogens is 1. The number of hydrogen-bond donors (Lipinski definition) is 1. The lowest BCUT2D eigenvalue weighted by molar-refractivity contribution is 0.0950. The number of nitrogens with one attached hydrogen (secondary N) is 1. The summed E-state index contributed by atoms with van der Waals surface area (Å²) in [4.78, 5) is 16.1. The van der Waals surface area contributed by atoms with Crippen LogP contribution in [0, 0.1) is 0 Å². The van der Waals surface area contributed by atoms with Crippen LogP contribution < -0.4 is 5.43 Å². The number of furan rings is 1. The van der Waals surface area contributed by atoms with E-state index in [-0.39, 0.29) is 5.91 Å². The van der Waals surface area contributed by atoms with Crippen LogP contribution in [-0.4, -0.2) is 17.1 Å². The third kappa shape index (κ3) is 4.33. The van der Waals surface area contributed by atoms with E-state index in [2.05, 4.69) is 15.5 Å². The third-order valence-electron chi connectivity index (χ3n) is 3.56. The molecule has 0 saturated carbocycles. The van der Waals surface area contributed by atoms with Gasteiger partial charge in [0.05, 0.1) is 6.21 Å². The second-order valence-corrected chi connectivity index (χ2v) is 5.75. The van der Waals surface area contributed by atoms with E-state index in [1.54, 1.807) is 24.4 Å². The van der Waals surface area contributed by atoms with Gasteiger partial charge in [0.1, 0.15) is 17.2 Å². The molecule has 1 N–H and O–H groups in total. The van der Waals surface area contributed by atoms with E-state index in [0.717, 1.165) is 17.5 Å². The first-order valence-electron chi connectivity index (χ1n) is 7.80. The summed E-state index contributed by atoms with van der Waals surface area (Å²) in [5.74, 6) is 0.817. The second kappa shape index (κ2) is 7.77. The summed E-state index contributed by atoms with van der Waals surface area (Å²) in [5.41, 5.74) is 4.69. The highest BCUT2D eigenvalue weighted by atomic mass is 35.5. The van der Waals surface area contributed by atoms with Crippen LogP contribution in [0.2, 0.25) is 5.02 Å². The molecule has 0 atom stereocenters. The Morgan fingerprint density at radius 1 is 1.28 bits per heavy atom. The molecule has 1 amide bonds. The average Bonchev–Trinajstić information content (AvgIpc) is 3.11. The summed E-state index contributed by atoms with van der Waals surface area (Å²) in [6, 6.07) is 14.5. The quantitative estimate of drug-likeness (QED) is 0.548. The molecule has 0 spiro atoms. The number of hydrazone groups is 1. The predicted octanol–water partition coefficient (Wildman–Crippen LogP) is 4.32. The lowest BCUT2D eigenvalue weighted by Crippen LogP contribution is -2.18. The predicted molar refractivity (Wildman–Crippen MR) is 97.8 cm³/mol. The molecule has 0 aliphatic rings. The average molecular weight is 354 g/mol. The van der Waals surface area contributed by atoms with Crippen molar-refractivity contribution >= 4 is 23.7 Å². The van der Waals surface area contributed by atoms with Gasteiger partial charge in [-0.15, -0.1) is 0 Å². The number of aromatic nitrogens is 1. The van der Waals surface area contributed by atoms with E-state index in [1.165, 1.54) is 6.21 Å². The van der Waals surface area contributed by atoms with Crippen molar-refractivity contribution in [1.82, 2.24) is 10.4 Å². The minimum absolute atomic E-state index is 0.313. The van der Waals surface area contributed by atoms with Gasteiger partial charge in [-0.1, -0.05) is 36.7 Å². The Kier molecular flexibility index (Phi) is 5.26. The molecule has 0 radical (unpaired) electrons. The summed E-state index contributed by atoms with van der Waals surface area (Å²) in [5, 5.41) is 4.54. The van der Waals surface area contributed by atoms with Crippen LogP contribution in [0.5, 0.6) is 0 Å². The van der Waals surface area contributed by atoms with Crippen molar-refractivity contribution in [3.63, 3.8) is 0 Å². The molecule has 1 aromatic carbocycles. The molecule has 3 aromatic rings. The largest absolute Gasteiger partial charge is 0.455 e. The van der Waals surface area contributed by atoms with Crippen LogP contribution >= 0.6 is 11.6 Å². The van der Waals surface area contributed by atoms with Crippen molar-refractivity contribution in [2.24, 2.45) is 5.10 Å². The normalized spacial score (nSPS) is 11.0. The molecular formula is C19H16ClN3O2. The fourth-order valence-electron chi connectivity index (χ4n) is 2.20. The van der Waals surface area contributed by atoms with Gasteiger partial charge in [0, 0.05) is 16.8 Å². The van der Waals surface area contributed by atoms with Gasteiger partial charge in [-0.05, 0) is 42.3 Å². The first-order valence-corrected chi connectivity index (χ1v) is 8.17. The molecule has 0 aliphatic heterocycles. The molecule has 25 heavy (non-hydrogen) atoms. The van der Waals surface area contributed by atoms with Crippen LogP contribution in [0.25, 0.3) is 11.3 Å². The number of nitrogens with zero attached hydrogens (tertiary/aromatic N) is 2. The number of benzene rings is 1. The van der Waals surface area contributed by atoms with Gasteiger partial charge >= 0.3 is 0 Å². The maximum Gasteiger partial charge on any atom is 0.289 e. The highest BCUT2D eigenvalue weighted by Gasteiger charge is 2.06. The van der Waals surface area contributed by atoms with Crippen molar-refractivity contribution in [3.8, 4) is 11.3 Å². The molecular weight excluding hydrogens is 338 g/mol. The number of rotatable bonds is 5. The van der Waals surface area contributed by atoms with E-state index in [0.29, 0.717) is 22.2 Å². The van der Waals surface area contributed by atoms with Crippen molar-refractivity contribution in [2.45, 2.75) is 13.3 Å². The molecule has 5 nitrogen and oxygen atoms in total. The Balaban J connectivity index is 1.63. The maximum absolute atomic E-state index is 12.0. The minimum atomic E-state index is -0.375. The zero-order valence-corrected chi connectivity index (χ0v) is 14.3. The van der Waals surface area contributed by atoms with E-state index in [1.807, 2.05) is 37.3 Å². The smallest absolute Gasteiger partial charge is 0.289 e. The zero-order chi connectivity index (χ0) is 17.6. The standard InChI is InChI=1S/C19H16ClN3O2/c1-2-13-6-8-17(21-11-13)19(24)23-22-12-16-7-9-18(25-16)14-4-3-5-15(20)10-14/h3-12H,2H2,1H3,(H,23,24)/b22-12+. The molecule has 6 heteroatoms. The fourth-order valence-corrected chi connectivity index (χ4v) is 2.39. The number of hydrogen-bond acceptors (Lipinski definition) is 4. The third-order valence-corrected chi connectivity index (χ3v) is 3.79. The first kappa shape index (κ1) is 16.9.